The first-order valence-corrected chi connectivity index (χ1v) is 6.81. The van der Waals surface area contributed by atoms with Gasteiger partial charge in [0, 0.05) is 19.7 Å². The maximum atomic E-state index is 5.68. The van der Waals surface area contributed by atoms with Crippen LogP contribution in [-0.4, -0.2) is 32.9 Å². The fourth-order valence-corrected chi connectivity index (χ4v) is 1.57. The molecule has 1 rings (SSSR count). The first-order chi connectivity index (χ1) is 8.84. The molecule has 0 radical (unpaired) electrons. The molecular weight excluding hydrogens is 226 g/mol. The van der Waals surface area contributed by atoms with Crippen LogP contribution in [0.4, 0.5) is 0 Å². The van der Waals surface area contributed by atoms with Gasteiger partial charge in [0.05, 0.1) is 6.61 Å². The number of nitrogens with one attached hydrogen (secondary N) is 1. The summed E-state index contributed by atoms with van der Waals surface area (Å²) in [6.45, 7) is 8.32. The van der Waals surface area contributed by atoms with Crippen molar-refractivity contribution in [2.75, 3.05) is 32.9 Å². The average molecular weight is 251 g/mol. The minimum absolute atomic E-state index is 0.694. The summed E-state index contributed by atoms with van der Waals surface area (Å²) in [7, 11) is 0. The van der Waals surface area contributed by atoms with Gasteiger partial charge in [-0.25, -0.2) is 0 Å². The molecule has 0 unspecified atom stereocenters. The molecule has 0 saturated carbocycles. The highest BCUT2D eigenvalue weighted by atomic mass is 16.5. The van der Waals surface area contributed by atoms with E-state index >= 15 is 0 Å². The van der Waals surface area contributed by atoms with Gasteiger partial charge in [-0.1, -0.05) is 31.5 Å². The highest BCUT2D eigenvalue weighted by Gasteiger charge is 1.96. The van der Waals surface area contributed by atoms with Crippen molar-refractivity contribution in [3.63, 3.8) is 0 Å². The van der Waals surface area contributed by atoms with Crippen LogP contribution in [0.5, 0.6) is 5.75 Å². The van der Waals surface area contributed by atoms with E-state index in [9.17, 15) is 0 Å². The SMILES string of the molecule is CCCCOCCNCCOc1ccccc1C. The summed E-state index contributed by atoms with van der Waals surface area (Å²) in [5.41, 5.74) is 1.18. The third kappa shape index (κ3) is 6.62. The number of benzene rings is 1. The Labute approximate surface area is 110 Å². The molecule has 0 aliphatic heterocycles. The van der Waals surface area contributed by atoms with E-state index in [-0.39, 0.29) is 0 Å². The van der Waals surface area contributed by atoms with E-state index in [1.807, 2.05) is 18.2 Å². The first-order valence-electron chi connectivity index (χ1n) is 6.81. The van der Waals surface area contributed by atoms with E-state index < -0.39 is 0 Å². The Balaban J connectivity index is 1.94. The second-order valence-electron chi connectivity index (χ2n) is 4.33. The normalized spacial score (nSPS) is 10.6. The van der Waals surface area contributed by atoms with Crippen LogP contribution in [0.2, 0.25) is 0 Å². The van der Waals surface area contributed by atoms with E-state index in [1.54, 1.807) is 0 Å². The molecule has 3 heteroatoms. The molecular formula is C15H25NO2. The van der Waals surface area contributed by atoms with Crippen molar-refractivity contribution in [2.45, 2.75) is 26.7 Å². The molecule has 0 amide bonds. The predicted octanol–water partition coefficient (Wildman–Crippen LogP) is 2.78. The number of para-hydroxylation sites is 1. The zero-order chi connectivity index (χ0) is 13.1. The molecule has 0 spiro atoms. The topological polar surface area (TPSA) is 30.5 Å². The lowest BCUT2D eigenvalue weighted by molar-refractivity contribution is 0.132. The Hall–Kier alpha value is -1.06. The van der Waals surface area contributed by atoms with Crippen molar-refractivity contribution in [3.05, 3.63) is 29.8 Å². The summed E-state index contributed by atoms with van der Waals surface area (Å²) < 4.78 is 11.1. The molecule has 0 aromatic heterocycles. The van der Waals surface area contributed by atoms with Gasteiger partial charge in [-0.2, -0.15) is 0 Å². The van der Waals surface area contributed by atoms with Crippen LogP contribution in [0.25, 0.3) is 0 Å². The van der Waals surface area contributed by atoms with Gasteiger partial charge in [-0.05, 0) is 25.0 Å². The third-order valence-corrected chi connectivity index (χ3v) is 2.70. The van der Waals surface area contributed by atoms with Crippen LogP contribution in [-0.2, 0) is 4.74 Å². The Morgan fingerprint density at radius 2 is 1.83 bits per heavy atom. The standard InChI is InChI=1S/C15H25NO2/c1-3-4-11-17-12-9-16-10-13-18-15-8-6-5-7-14(15)2/h5-8,16H,3-4,9-13H2,1-2H3. The molecule has 0 heterocycles. The Morgan fingerprint density at radius 3 is 2.61 bits per heavy atom. The molecule has 1 N–H and O–H groups in total. The zero-order valence-electron chi connectivity index (χ0n) is 11.6. The molecule has 0 saturated heterocycles. The van der Waals surface area contributed by atoms with Gasteiger partial charge in [0.15, 0.2) is 0 Å². The molecule has 0 fully saturated rings. The van der Waals surface area contributed by atoms with Gasteiger partial charge in [0.2, 0.25) is 0 Å². The molecule has 3 nitrogen and oxygen atoms in total. The summed E-state index contributed by atoms with van der Waals surface area (Å²) in [6, 6.07) is 8.08. The summed E-state index contributed by atoms with van der Waals surface area (Å²) in [6.07, 6.45) is 2.34. The number of unbranched alkanes of at least 4 members (excludes halogenated alkanes) is 1. The van der Waals surface area contributed by atoms with Crippen LogP contribution >= 0.6 is 0 Å². The fourth-order valence-electron chi connectivity index (χ4n) is 1.57. The second-order valence-corrected chi connectivity index (χ2v) is 4.33. The van der Waals surface area contributed by atoms with Crippen LogP contribution in [0.3, 0.4) is 0 Å². The Kier molecular flexibility index (Phi) is 8.26. The van der Waals surface area contributed by atoms with E-state index in [0.29, 0.717) is 6.61 Å². The second kappa shape index (κ2) is 9.92. The maximum absolute atomic E-state index is 5.68. The largest absolute Gasteiger partial charge is 0.492 e. The summed E-state index contributed by atoms with van der Waals surface area (Å²) in [4.78, 5) is 0. The lowest BCUT2D eigenvalue weighted by Crippen LogP contribution is -2.25. The maximum Gasteiger partial charge on any atom is 0.122 e. The lowest BCUT2D eigenvalue weighted by atomic mass is 10.2. The lowest BCUT2D eigenvalue weighted by Gasteiger charge is -2.09. The van der Waals surface area contributed by atoms with Gasteiger partial charge in [-0.15, -0.1) is 0 Å². The number of rotatable bonds is 10. The van der Waals surface area contributed by atoms with Gasteiger partial charge >= 0.3 is 0 Å². The van der Waals surface area contributed by atoms with Crippen LogP contribution < -0.4 is 10.1 Å². The smallest absolute Gasteiger partial charge is 0.122 e. The van der Waals surface area contributed by atoms with E-state index in [0.717, 1.165) is 38.5 Å². The highest BCUT2D eigenvalue weighted by Crippen LogP contribution is 2.15. The van der Waals surface area contributed by atoms with Gasteiger partial charge < -0.3 is 14.8 Å². The molecule has 0 aliphatic rings. The average Bonchev–Trinajstić information content (AvgIpc) is 2.39. The van der Waals surface area contributed by atoms with E-state index in [1.165, 1.54) is 12.0 Å². The van der Waals surface area contributed by atoms with Crippen molar-refractivity contribution in [1.29, 1.82) is 0 Å². The molecule has 102 valence electrons. The van der Waals surface area contributed by atoms with Crippen molar-refractivity contribution in [1.82, 2.24) is 5.32 Å². The zero-order valence-corrected chi connectivity index (χ0v) is 11.6. The van der Waals surface area contributed by atoms with Crippen molar-refractivity contribution in [2.24, 2.45) is 0 Å². The Bertz CT molecular complexity index is 315. The highest BCUT2D eigenvalue weighted by molar-refractivity contribution is 5.31. The number of hydrogen-bond donors (Lipinski definition) is 1. The molecule has 0 bridgehead atoms. The minimum Gasteiger partial charge on any atom is -0.492 e. The van der Waals surface area contributed by atoms with E-state index in [4.69, 9.17) is 9.47 Å². The molecule has 1 aromatic carbocycles. The third-order valence-electron chi connectivity index (χ3n) is 2.70. The molecule has 1 aromatic rings. The van der Waals surface area contributed by atoms with Crippen LogP contribution in [0.1, 0.15) is 25.3 Å². The monoisotopic (exact) mass is 251 g/mol. The summed E-state index contributed by atoms with van der Waals surface area (Å²) in [5, 5.41) is 3.30. The fraction of sp³-hybridized carbons (Fsp3) is 0.600. The first kappa shape index (κ1) is 15.0. The number of aryl methyl sites for hydroxylation is 1. The van der Waals surface area contributed by atoms with Crippen molar-refractivity contribution >= 4 is 0 Å². The van der Waals surface area contributed by atoms with Crippen molar-refractivity contribution < 1.29 is 9.47 Å². The summed E-state index contributed by atoms with van der Waals surface area (Å²) >= 11 is 0. The van der Waals surface area contributed by atoms with Gasteiger partial charge in [0.25, 0.3) is 0 Å². The number of ether oxygens (including phenoxy) is 2. The minimum atomic E-state index is 0.694. The molecule has 18 heavy (non-hydrogen) atoms. The van der Waals surface area contributed by atoms with Crippen LogP contribution in [0, 0.1) is 6.92 Å². The van der Waals surface area contributed by atoms with Gasteiger partial charge in [-0.3, -0.25) is 0 Å². The summed E-state index contributed by atoms with van der Waals surface area (Å²) in [5.74, 6) is 0.971. The van der Waals surface area contributed by atoms with E-state index in [2.05, 4.69) is 25.2 Å². The predicted molar refractivity (Wildman–Crippen MR) is 75.3 cm³/mol. The van der Waals surface area contributed by atoms with Gasteiger partial charge in [0.1, 0.15) is 12.4 Å². The van der Waals surface area contributed by atoms with Crippen molar-refractivity contribution in [3.8, 4) is 5.75 Å². The van der Waals surface area contributed by atoms with Crippen LogP contribution in [0.15, 0.2) is 24.3 Å². The quantitative estimate of drug-likeness (QED) is 0.649. The Morgan fingerprint density at radius 1 is 1.06 bits per heavy atom. The number of hydrogen-bond acceptors (Lipinski definition) is 3. The molecule has 0 aliphatic carbocycles. The molecule has 0 atom stereocenters.